The van der Waals surface area contributed by atoms with Gasteiger partial charge in [-0.2, -0.15) is 0 Å². The third-order valence-corrected chi connectivity index (χ3v) is 4.80. The van der Waals surface area contributed by atoms with E-state index >= 15 is 0 Å². The Bertz CT molecular complexity index is 445. The molecule has 0 radical (unpaired) electrons. The Labute approximate surface area is 118 Å². The lowest BCUT2D eigenvalue weighted by atomic mass is 9.82. The predicted molar refractivity (Wildman–Crippen MR) is 76.4 cm³/mol. The largest absolute Gasteiger partial charge is 0.481 e. The number of rotatable bonds is 5. The molecule has 0 saturated heterocycles. The van der Waals surface area contributed by atoms with E-state index in [2.05, 4.69) is 16.5 Å². The molecule has 1 aromatic rings. The van der Waals surface area contributed by atoms with Crippen LogP contribution in [0.3, 0.4) is 0 Å². The monoisotopic (exact) mass is 282 g/mol. The maximum Gasteiger partial charge on any atom is 0.313 e. The van der Waals surface area contributed by atoms with E-state index in [0.29, 0.717) is 5.92 Å². The summed E-state index contributed by atoms with van der Waals surface area (Å²) in [6.07, 6.45) is 7.07. The number of nitrogens with zero attached hydrogens (tertiary/aromatic N) is 2. The fourth-order valence-electron chi connectivity index (χ4n) is 2.89. The lowest BCUT2D eigenvalue weighted by Crippen LogP contribution is -2.19. The topological polar surface area (TPSA) is 55.1 Å². The maximum atomic E-state index is 10.7. The van der Waals surface area contributed by atoms with Crippen LogP contribution in [0.1, 0.15) is 38.3 Å². The standard InChI is InChI=1S/C14H22N2O2S/c1-10-4-3-5-12(6-10)8-16-11(2)7-15-14(16)19-9-13(17)18/h7,10,12H,3-6,8-9H2,1-2H3,(H,17,18). The van der Waals surface area contributed by atoms with Crippen LogP contribution in [0.5, 0.6) is 0 Å². The van der Waals surface area contributed by atoms with E-state index in [9.17, 15) is 4.79 Å². The first-order valence-corrected chi connectivity index (χ1v) is 7.91. The highest BCUT2D eigenvalue weighted by Crippen LogP contribution is 2.31. The number of aliphatic carboxylic acids is 1. The zero-order valence-corrected chi connectivity index (χ0v) is 12.4. The molecular weight excluding hydrogens is 260 g/mol. The Morgan fingerprint density at radius 3 is 3.05 bits per heavy atom. The van der Waals surface area contributed by atoms with Crippen molar-refractivity contribution in [3.8, 4) is 0 Å². The van der Waals surface area contributed by atoms with Crippen LogP contribution in [0.2, 0.25) is 0 Å². The third kappa shape index (κ3) is 4.00. The molecule has 1 heterocycles. The van der Waals surface area contributed by atoms with E-state index in [1.807, 2.05) is 13.1 Å². The summed E-state index contributed by atoms with van der Waals surface area (Å²) in [5.41, 5.74) is 1.13. The van der Waals surface area contributed by atoms with Crippen LogP contribution in [0.25, 0.3) is 0 Å². The smallest absolute Gasteiger partial charge is 0.313 e. The molecule has 1 aliphatic carbocycles. The van der Waals surface area contributed by atoms with Gasteiger partial charge < -0.3 is 9.67 Å². The Morgan fingerprint density at radius 2 is 2.37 bits per heavy atom. The Balaban J connectivity index is 2.02. The van der Waals surface area contributed by atoms with Crippen LogP contribution >= 0.6 is 11.8 Å². The molecule has 2 unspecified atom stereocenters. The van der Waals surface area contributed by atoms with Crippen molar-refractivity contribution >= 4 is 17.7 Å². The van der Waals surface area contributed by atoms with Gasteiger partial charge in [-0.15, -0.1) is 0 Å². The van der Waals surface area contributed by atoms with Gasteiger partial charge in [-0.1, -0.05) is 31.5 Å². The van der Waals surface area contributed by atoms with Crippen LogP contribution in [0.4, 0.5) is 0 Å². The summed E-state index contributed by atoms with van der Waals surface area (Å²) in [6.45, 7) is 5.36. The van der Waals surface area contributed by atoms with Crippen LogP contribution in [0, 0.1) is 18.8 Å². The molecule has 0 spiro atoms. The van der Waals surface area contributed by atoms with E-state index < -0.39 is 5.97 Å². The van der Waals surface area contributed by atoms with Crippen LogP contribution in [-0.4, -0.2) is 26.4 Å². The van der Waals surface area contributed by atoms with Gasteiger partial charge in [-0.25, -0.2) is 4.98 Å². The molecule has 1 aromatic heterocycles. The summed E-state index contributed by atoms with van der Waals surface area (Å²) >= 11 is 1.32. The number of carboxylic acids is 1. The normalized spacial score (nSPS) is 23.5. The zero-order valence-electron chi connectivity index (χ0n) is 11.6. The van der Waals surface area contributed by atoms with Crippen molar-refractivity contribution in [3.05, 3.63) is 11.9 Å². The molecule has 1 N–H and O–H groups in total. The second-order valence-electron chi connectivity index (χ2n) is 5.61. The second kappa shape index (κ2) is 6.46. The molecular formula is C14H22N2O2S. The summed E-state index contributed by atoms with van der Waals surface area (Å²) in [4.78, 5) is 15.0. The number of aryl methyl sites for hydroxylation is 1. The predicted octanol–water partition coefficient (Wildman–Crippen LogP) is 3.19. The van der Waals surface area contributed by atoms with E-state index in [-0.39, 0.29) is 5.75 Å². The van der Waals surface area contributed by atoms with Crippen molar-refractivity contribution in [2.75, 3.05) is 5.75 Å². The fourth-order valence-corrected chi connectivity index (χ4v) is 3.64. The first-order chi connectivity index (χ1) is 9.06. The third-order valence-electron chi connectivity index (χ3n) is 3.83. The molecule has 1 saturated carbocycles. The van der Waals surface area contributed by atoms with Crippen molar-refractivity contribution < 1.29 is 9.90 Å². The minimum absolute atomic E-state index is 0.0809. The number of carboxylic acid groups (broad SMARTS) is 1. The molecule has 2 rings (SSSR count). The molecule has 0 aromatic carbocycles. The Kier molecular flexibility index (Phi) is 4.91. The van der Waals surface area contributed by atoms with Gasteiger partial charge in [0.15, 0.2) is 5.16 Å². The molecule has 106 valence electrons. The van der Waals surface area contributed by atoms with Gasteiger partial charge in [0.1, 0.15) is 0 Å². The average Bonchev–Trinajstić information content (AvgIpc) is 2.68. The van der Waals surface area contributed by atoms with Gasteiger partial charge in [-0.3, -0.25) is 4.79 Å². The number of imidazole rings is 1. The summed E-state index contributed by atoms with van der Waals surface area (Å²) in [5, 5.41) is 9.62. The van der Waals surface area contributed by atoms with E-state index in [1.165, 1.54) is 37.4 Å². The van der Waals surface area contributed by atoms with Gasteiger partial charge in [-0.05, 0) is 31.6 Å². The molecule has 2 atom stereocenters. The lowest BCUT2D eigenvalue weighted by Gasteiger charge is -2.27. The van der Waals surface area contributed by atoms with Crippen LogP contribution < -0.4 is 0 Å². The molecule has 0 bridgehead atoms. The van der Waals surface area contributed by atoms with Crippen molar-refractivity contribution in [1.29, 1.82) is 0 Å². The molecule has 19 heavy (non-hydrogen) atoms. The van der Waals surface area contributed by atoms with Gasteiger partial charge in [0, 0.05) is 18.4 Å². The van der Waals surface area contributed by atoms with Crippen molar-refractivity contribution in [2.45, 2.75) is 51.2 Å². The Hall–Kier alpha value is -0.970. The average molecular weight is 282 g/mol. The van der Waals surface area contributed by atoms with Gasteiger partial charge in [0.2, 0.25) is 0 Å². The number of hydrogen-bond donors (Lipinski definition) is 1. The van der Waals surface area contributed by atoms with E-state index in [1.54, 1.807) is 0 Å². The minimum atomic E-state index is -0.788. The molecule has 0 amide bonds. The molecule has 4 nitrogen and oxygen atoms in total. The Morgan fingerprint density at radius 1 is 1.58 bits per heavy atom. The van der Waals surface area contributed by atoms with Crippen molar-refractivity contribution in [2.24, 2.45) is 11.8 Å². The number of hydrogen-bond acceptors (Lipinski definition) is 3. The molecule has 0 aliphatic heterocycles. The second-order valence-corrected chi connectivity index (χ2v) is 6.56. The van der Waals surface area contributed by atoms with Crippen LogP contribution in [0.15, 0.2) is 11.4 Å². The minimum Gasteiger partial charge on any atom is -0.481 e. The first-order valence-electron chi connectivity index (χ1n) is 6.93. The summed E-state index contributed by atoms with van der Waals surface area (Å²) in [5.74, 6) is 0.819. The van der Waals surface area contributed by atoms with Gasteiger partial charge in [0.05, 0.1) is 5.75 Å². The molecule has 1 aliphatic rings. The lowest BCUT2D eigenvalue weighted by molar-refractivity contribution is -0.133. The molecule has 5 heteroatoms. The number of carbonyl (C=O) groups is 1. The highest BCUT2D eigenvalue weighted by Gasteiger charge is 2.21. The van der Waals surface area contributed by atoms with Gasteiger partial charge in [0.25, 0.3) is 0 Å². The number of thioether (sulfide) groups is 1. The summed E-state index contributed by atoms with van der Waals surface area (Å²) in [6, 6.07) is 0. The summed E-state index contributed by atoms with van der Waals surface area (Å²) in [7, 11) is 0. The SMILES string of the molecule is Cc1cnc(SCC(=O)O)n1CC1CCCC(C)C1. The number of aromatic nitrogens is 2. The van der Waals surface area contributed by atoms with E-state index in [4.69, 9.17) is 5.11 Å². The fraction of sp³-hybridized carbons (Fsp3) is 0.714. The highest BCUT2D eigenvalue weighted by atomic mass is 32.2. The molecule has 1 fully saturated rings. The first kappa shape index (κ1) is 14.4. The zero-order chi connectivity index (χ0) is 13.8. The quantitative estimate of drug-likeness (QED) is 0.843. The highest BCUT2D eigenvalue weighted by molar-refractivity contribution is 7.99. The van der Waals surface area contributed by atoms with Crippen molar-refractivity contribution in [1.82, 2.24) is 9.55 Å². The van der Waals surface area contributed by atoms with Crippen molar-refractivity contribution in [3.63, 3.8) is 0 Å². The van der Waals surface area contributed by atoms with Crippen LogP contribution in [-0.2, 0) is 11.3 Å². The maximum absolute atomic E-state index is 10.7. The van der Waals surface area contributed by atoms with E-state index in [0.717, 1.165) is 23.3 Å². The van der Waals surface area contributed by atoms with Gasteiger partial charge >= 0.3 is 5.97 Å². The summed E-state index contributed by atoms with van der Waals surface area (Å²) < 4.78 is 2.19.